The second-order valence-electron chi connectivity index (χ2n) is 8.05. The van der Waals surface area contributed by atoms with Crippen LogP contribution in [0.1, 0.15) is 47.3 Å². The zero-order chi connectivity index (χ0) is 22.8. The van der Waals surface area contributed by atoms with Crippen LogP contribution in [0.15, 0.2) is 59.5 Å². The van der Waals surface area contributed by atoms with Gasteiger partial charge in [-0.2, -0.15) is 5.10 Å². The summed E-state index contributed by atoms with van der Waals surface area (Å²) in [5.41, 5.74) is -0.214. The molecule has 2 heterocycles. The van der Waals surface area contributed by atoms with Crippen molar-refractivity contribution in [2.45, 2.75) is 31.7 Å². The number of hydrogen-bond acceptors (Lipinski definition) is 4. The zero-order valence-electron chi connectivity index (χ0n) is 17.5. The minimum atomic E-state index is -0.925. The topological polar surface area (TPSA) is 86.3 Å². The molecule has 166 valence electrons. The van der Waals surface area contributed by atoms with Crippen LogP contribution in [0.3, 0.4) is 0 Å². The average molecular weight is 439 g/mol. The molecule has 2 aromatic carbocycles. The lowest BCUT2D eigenvalue weighted by Gasteiger charge is -2.35. The molecule has 2 N–H and O–H groups in total. The van der Waals surface area contributed by atoms with Gasteiger partial charge in [0.15, 0.2) is 23.1 Å². The van der Waals surface area contributed by atoms with Crippen molar-refractivity contribution >= 4 is 5.91 Å². The van der Waals surface area contributed by atoms with E-state index in [-0.39, 0.29) is 17.5 Å². The van der Waals surface area contributed by atoms with Crippen LogP contribution >= 0.6 is 0 Å². The van der Waals surface area contributed by atoms with Gasteiger partial charge in [0.2, 0.25) is 0 Å². The molecule has 0 radical (unpaired) electrons. The van der Waals surface area contributed by atoms with E-state index in [1.54, 1.807) is 11.0 Å². The third kappa shape index (κ3) is 3.88. The maximum absolute atomic E-state index is 14.9. The number of aromatic nitrogens is 2. The molecule has 0 unspecified atom stereocenters. The van der Waals surface area contributed by atoms with Gasteiger partial charge in [-0.25, -0.2) is 8.78 Å². The second-order valence-corrected chi connectivity index (χ2v) is 8.05. The van der Waals surface area contributed by atoms with Gasteiger partial charge in [0, 0.05) is 18.5 Å². The number of nitrogens with zero attached hydrogens (tertiary/aromatic N) is 2. The smallest absolute Gasteiger partial charge is 0.278 e. The third-order valence-corrected chi connectivity index (χ3v) is 6.20. The van der Waals surface area contributed by atoms with Gasteiger partial charge in [0.25, 0.3) is 11.3 Å². The first-order chi connectivity index (χ1) is 15.4. The van der Waals surface area contributed by atoms with Crippen LogP contribution in [0.4, 0.5) is 8.78 Å². The number of carbonyl (C=O) groups is 1. The van der Waals surface area contributed by atoms with E-state index < -0.39 is 40.3 Å². The molecule has 1 saturated heterocycles. The fourth-order valence-electron chi connectivity index (χ4n) is 4.68. The van der Waals surface area contributed by atoms with E-state index in [1.165, 1.54) is 6.07 Å². The normalized spacial score (nSPS) is 17.8. The highest BCUT2D eigenvalue weighted by Crippen LogP contribution is 2.40. The molecule has 3 atom stereocenters. The molecule has 0 bridgehead atoms. The molecule has 0 aliphatic carbocycles. The third-order valence-electron chi connectivity index (χ3n) is 6.20. The summed E-state index contributed by atoms with van der Waals surface area (Å²) >= 11 is 0. The van der Waals surface area contributed by atoms with E-state index >= 15 is 0 Å². The molecular formula is C24H23F2N3O3. The quantitative estimate of drug-likeness (QED) is 0.633. The molecular weight excluding hydrogens is 416 g/mol. The molecule has 8 heteroatoms. The Labute approximate surface area is 183 Å². The highest BCUT2D eigenvalue weighted by Gasteiger charge is 2.39. The molecule has 0 saturated carbocycles. The number of nitrogens with one attached hydrogen (secondary N) is 1. The number of amides is 1. The minimum absolute atomic E-state index is 0.219. The number of benzene rings is 2. The Kier molecular flexibility index (Phi) is 6.03. The van der Waals surface area contributed by atoms with Gasteiger partial charge in [0.05, 0.1) is 6.20 Å². The van der Waals surface area contributed by atoms with Gasteiger partial charge in [0.1, 0.15) is 0 Å². The van der Waals surface area contributed by atoms with Crippen molar-refractivity contribution in [3.8, 4) is 5.75 Å². The standard InChI is InChI=1S/C24H23F2N3O3/c1-14(18-11-6-12-29(18)24(32)22-23(31)19(30)13-27-28-22)20(15-7-3-2-4-8-15)16-9-5-10-17(25)21(16)26/h2-5,7-10,13-14,18,20H,6,11-12H2,1H3,(H,27,31)(H,28,30)/t14-,18+,20+/m0/s1. The lowest BCUT2D eigenvalue weighted by atomic mass is 9.77. The molecule has 1 fully saturated rings. The molecule has 4 rings (SSSR count). The van der Waals surface area contributed by atoms with E-state index in [0.29, 0.717) is 19.4 Å². The summed E-state index contributed by atoms with van der Waals surface area (Å²) in [6.45, 7) is 2.30. The highest BCUT2D eigenvalue weighted by atomic mass is 19.2. The first kappa shape index (κ1) is 21.7. The van der Waals surface area contributed by atoms with Crippen molar-refractivity contribution in [3.63, 3.8) is 0 Å². The van der Waals surface area contributed by atoms with Gasteiger partial charge < -0.3 is 10.0 Å². The number of hydrogen-bond donors (Lipinski definition) is 2. The van der Waals surface area contributed by atoms with Gasteiger partial charge in [-0.3, -0.25) is 14.7 Å². The first-order valence-electron chi connectivity index (χ1n) is 10.5. The van der Waals surface area contributed by atoms with E-state index in [4.69, 9.17) is 0 Å². The summed E-state index contributed by atoms with van der Waals surface area (Å²) in [4.78, 5) is 26.9. The van der Waals surface area contributed by atoms with Gasteiger partial charge in [-0.05, 0) is 36.0 Å². The number of H-pyrrole nitrogens is 1. The average Bonchev–Trinajstić information content (AvgIpc) is 3.29. The van der Waals surface area contributed by atoms with E-state index in [1.807, 2.05) is 37.3 Å². The van der Waals surface area contributed by atoms with Crippen LogP contribution < -0.4 is 5.43 Å². The summed E-state index contributed by atoms with van der Waals surface area (Å²) in [7, 11) is 0. The number of likely N-dealkylation sites (tertiary alicyclic amines) is 1. The van der Waals surface area contributed by atoms with E-state index in [9.17, 15) is 23.5 Å². The van der Waals surface area contributed by atoms with E-state index in [0.717, 1.165) is 17.8 Å². The minimum Gasteiger partial charge on any atom is -0.503 e. The van der Waals surface area contributed by atoms with Crippen molar-refractivity contribution in [1.82, 2.24) is 15.1 Å². The maximum Gasteiger partial charge on any atom is 0.278 e. The molecule has 0 spiro atoms. The van der Waals surface area contributed by atoms with Crippen molar-refractivity contribution in [2.75, 3.05) is 6.54 Å². The second kappa shape index (κ2) is 8.90. The fourth-order valence-corrected chi connectivity index (χ4v) is 4.68. The molecule has 3 aromatic rings. The van der Waals surface area contributed by atoms with Crippen molar-refractivity contribution in [2.24, 2.45) is 5.92 Å². The summed E-state index contributed by atoms with van der Waals surface area (Å²) in [6.07, 6.45) is 2.36. The lowest BCUT2D eigenvalue weighted by molar-refractivity contribution is 0.0676. The number of aromatic amines is 1. The number of halogens is 2. The van der Waals surface area contributed by atoms with Crippen LogP contribution in [0.2, 0.25) is 0 Å². The summed E-state index contributed by atoms with van der Waals surface area (Å²) in [5, 5.41) is 15.8. The lowest BCUT2D eigenvalue weighted by Crippen LogP contribution is -2.43. The van der Waals surface area contributed by atoms with Crippen molar-refractivity contribution in [1.29, 1.82) is 0 Å². The Morgan fingerprint density at radius 2 is 1.94 bits per heavy atom. The monoisotopic (exact) mass is 439 g/mol. The molecule has 1 aliphatic heterocycles. The van der Waals surface area contributed by atoms with Crippen LogP contribution in [-0.2, 0) is 0 Å². The number of carbonyl (C=O) groups excluding carboxylic acids is 1. The van der Waals surface area contributed by atoms with Crippen LogP contribution in [-0.4, -0.2) is 38.7 Å². The Balaban J connectivity index is 1.74. The van der Waals surface area contributed by atoms with Crippen molar-refractivity contribution in [3.05, 3.63) is 93.4 Å². The Morgan fingerprint density at radius 3 is 2.69 bits per heavy atom. The van der Waals surface area contributed by atoms with Gasteiger partial charge >= 0.3 is 0 Å². The molecule has 1 aliphatic rings. The Hall–Kier alpha value is -3.55. The molecule has 1 amide bonds. The predicted molar refractivity (Wildman–Crippen MR) is 114 cm³/mol. The first-order valence-corrected chi connectivity index (χ1v) is 10.5. The fraction of sp³-hybridized carbons (Fsp3) is 0.292. The largest absolute Gasteiger partial charge is 0.503 e. The van der Waals surface area contributed by atoms with Crippen LogP contribution in [0.25, 0.3) is 0 Å². The molecule has 1 aromatic heterocycles. The van der Waals surface area contributed by atoms with Gasteiger partial charge in [-0.15, -0.1) is 0 Å². The van der Waals surface area contributed by atoms with E-state index in [2.05, 4.69) is 10.2 Å². The molecule has 6 nitrogen and oxygen atoms in total. The number of aromatic hydroxyl groups is 1. The number of rotatable bonds is 5. The highest BCUT2D eigenvalue weighted by molar-refractivity contribution is 5.92. The molecule has 32 heavy (non-hydrogen) atoms. The summed E-state index contributed by atoms with van der Waals surface area (Å²) in [5.74, 6) is -3.82. The van der Waals surface area contributed by atoms with Crippen molar-refractivity contribution < 1.29 is 18.7 Å². The SMILES string of the molecule is C[C@H]([C@H](c1ccccc1)c1cccc(F)c1F)[C@H]1CCCN1C(=O)c1n[nH]cc(O)c1=O. The Morgan fingerprint density at radius 1 is 1.19 bits per heavy atom. The zero-order valence-corrected chi connectivity index (χ0v) is 17.5. The maximum atomic E-state index is 14.9. The van der Waals surface area contributed by atoms with Gasteiger partial charge in [-0.1, -0.05) is 49.4 Å². The summed E-state index contributed by atoms with van der Waals surface area (Å²) in [6, 6.07) is 13.0. The van der Waals surface area contributed by atoms with Crippen LogP contribution in [0.5, 0.6) is 5.75 Å². The summed E-state index contributed by atoms with van der Waals surface area (Å²) < 4.78 is 29.0. The Bertz CT molecular complexity index is 1180. The van der Waals surface area contributed by atoms with Crippen LogP contribution in [0, 0.1) is 17.6 Å². The predicted octanol–water partition coefficient (Wildman–Crippen LogP) is 3.83.